The molecule has 0 saturated carbocycles. The zero-order valence-electron chi connectivity index (χ0n) is 14.3. The summed E-state index contributed by atoms with van der Waals surface area (Å²) in [6.45, 7) is 15.7. The van der Waals surface area contributed by atoms with E-state index >= 15 is 0 Å². The van der Waals surface area contributed by atoms with Crippen LogP contribution >= 0.6 is 0 Å². The molecule has 0 aliphatic heterocycles. The normalized spacial score (nSPS) is 13.0. The number of carbonyl (C=O) groups is 2. The van der Waals surface area contributed by atoms with Crippen LogP contribution in [0.3, 0.4) is 0 Å². The van der Waals surface area contributed by atoms with Gasteiger partial charge in [0.15, 0.2) is 0 Å². The van der Waals surface area contributed by atoms with Gasteiger partial charge in [-0.25, -0.2) is 0 Å². The highest BCUT2D eigenvalue weighted by atomic mass is 28.4. The van der Waals surface area contributed by atoms with Gasteiger partial charge >= 0.3 is 0 Å². The summed E-state index contributed by atoms with van der Waals surface area (Å²) in [5.41, 5.74) is -0.739. The predicted octanol–water partition coefficient (Wildman–Crippen LogP) is 3.94. The van der Waals surface area contributed by atoms with E-state index in [1.165, 1.54) is 0 Å². The van der Waals surface area contributed by atoms with E-state index in [9.17, 15) is 9.59 Å². The Morgan fingerprint density at radius 2 is 1.25 bits per heavy atom. The van der Waals surface area contributed by atoms with Crippen LogP contribution in [0.4, 0.5) is 0 Å². The lowest BCUT2D eigenvalue weighted by atomic mass is 9.79. The molecule has 0 spiro atoms. The minimum atomic E-state index is -1.95. The SMILES string of the molecule is CCC(CC)(CC(=O)O[Si](C)(C)C)C(=O)O[Si](C)(C)C. The van der Waals surface area contributed by atoms with E-state index in [2.05, 4.69) is 0 Å². The van der Waals surface area contributed by atoms with Crippen molar-refractivity contribution in [2.45, 2.75) is 72.4 Å². The van der Waals surface area contributed by atoms with Gasteiger partial charge in [0, 0.05) is 0 Å². The fourth-order valence-electron chi connectivity index (χ4n) is 1.90. The Balaban J connectivity index is 5.02. The number of hydrogen-bond acceptors (Lipinski definition) is 4. The Bertz CT molecular complexity index is 349. The van der Waals surface area contributed by atoms with Gasteiger partial charge < -0.3 is 8.85 Å². The fraction of sp³-hybridized carbons (Fsp3) is 0.857. The summed E-state index contributed by atoms with van der Waals surface area (Å²) in [7, 11) is -3.87. The minimum absolute atomic E-state index is 0.119. The molecule has 0 bridgehead atoms. The van der Waals surface area contributed by atoms with Gasteiger partial charge in [-0.3, -0.25) is 9.59 Å². The Morgan fingerprint density at radius 1 is 0.850 bits per heavy atom. The third-order valence-corrected chi connectivity index (χ3v) is 4.73. The van der Waals surface area contributed by atoms with Crippen molar-refractivity contribution in [2.75, 3.05) is 0 Å². The topological polar surface area (TPSA) is 52.6 Å². The van der Waals surface area contributed by atoms with E-state index in [4.69, 9.17) is 8.85 Å². The molecule has 0 aromatic heterocycles. The molecule has 0 unspecified atom stereocenters. The number of rotatable bonds is 7. The highest BCUT2D eigenvalue weighted by Crippen LogP contribution is 2.34. The molecular weight excluding hydrogens is 288 g/mol. The summed E-state index contributed by atoms with van der Waals surface area (Å²) < 4.78 is 11.1. The van der Waals surface area contributed by atoms with Crippen molar-refractivity contribution in [3.63, 3.8) is 0 Å². The quantitative estimate of drug-likeness (QED) is 0.667. The molecule has 0 aliphatic rings. The molecule has 20 heavy (non-hydrogen) atoms. The van der Waals surface area contributed by atoms with Gasteiger partial charge in [0.25, 0.3) is 11.9 Å². The maximum Gasteiger partial charge on any atom is 0.299 e. The molecular formula is C14H30O4Si2. The molecule has 6 heteroatoms. The average molecular weight is 319 g/mol. The molecule has 0 aromatic rings. The number of carbonyl (C=O) groups excluding carboxylic acids is 2. The van der Waals surface area contributed by atoms with Gasteiger partial charge in [0.2, 0.25) is 16.6 Å². The molecule has 0 atom stereocenters. The molecule has 0 heterocycles. The van der Waals surface area contributed by atoms with E-state index in [1.807, 2.05) is 53.1 Å². The first-order chi connectivity index (χ1) is 8.85. The Morgan fingerprint density at radius 3 is 1.55 bits per heavy atom. The first kappa shape index (κ1) is 19.4. The monoisotopic (exact) mass is 318 g/mol. The van der Waals surface area contributed by atoms with Crippen molar-refractivity contribution in [2.24, 2.45) is 5.41 Å². The van der Waals surface area contributed by atoms with Gasteiger partial charge in [0.05, 0.1) is 11.8 Å². The van der Waals surface area contributed by atoms with Crippen molar-refractivity contribution < 1.29 is 18.4 Å². The van der Waals surface area contributed by atoms with Crippen LogP contribution in [-0.4, -0.2) is 28.6 Å². The molecule has 118 valence electrons. The lowest BCUT2D eigenvalue weighted by molar-refractivity contribution is -0.154. The lowest BCUT2D eigenvalue weighted by Gasteiger charge is -2.32. The minimum Gasteiger partial charge on any atom is -0.520 e. The fourth-order valence-corrected chi connectivity index (χ4v) is 3.43. The standard InChI is InChI=1S/C14H30O4Si2/c1-9-14(10-2,13(16)18-20(6,7)8)11-12(15)17-19(3,4)5/h9-11H2,1-8H3. The van der Waals surface area contributed by atoms with Crippen LogP contribution in [0.1, 0.15) is 33.1 Å². The van der Waals surface area contributed by atoms with Crippen molar-refractivity contribution in [1.82, 2.24) is 0 Å². The zero-order chi connectivity index (χ0) is 16.2. The second kappa shape index (κ2) is 6.89. The Hall–Kier alpha value is -0.626. The van der Waals surface area contributed by atoms with Crippen LogP contribution < -0.4 is 0 Å². The third kappa shape index (κ3) is 6.70. The van der Waals surface area contributed by atoms with E-state index in [1.54, 1.807) is 0 Å². The average Bonchev–Trinajstić information content (AvgIpc) is 2.20. The van der Waals surface area contributed by atoms with Crippen LogP contribution in [0.5, 0.6) is 0 Å². The van der Waals surface area contributed by atoms with E-state index in [0.29, 0.717) is 12.8 Å². The smallest absolute Gasteiger partial charge is 0.299 e. The largest absolute Gasteiger partial charge is 0.520 e. The zero-order valence-corrected chi connectivity index (χ0v) is 16.3. The Labute approximate surface area is 125 Å². The van der Waals surface area contributed by atoms with Crippen LogP contribution in [0.2, 0.25) is 39.3 Å². The predicted molar refractivity (Wildman–Crippen MR) is 86.5 cm³/mol. The summed E-state index contributed by atoms with van der Waals surface area (Å²) in [6, 6.07) is 0. The summed E-state index contributed by atoms with van der Waals surface area (Å²) in [5, 5.41) is 0. The van der Waals surface area contributed by atoms with Gasteiger partial charge in [0.1, 0.15) is 0 Å². The van der Waals surface area contributed by atoms with Crippen LogP contribution in [0, 0.1) is 5.41 Å². The van der Waals surface area contributed by atoms with Crippen molar-refractivity contribution in [1.29, 1.82) is 0 Å². The summed E-state index contributed by atoms with van der Waals surface area (Å²) >= 11 is 0. The lowest BCUT2D eigenvalue weighted by Crippen LogP contribution is -2.42. The van der Waals surface area contributed by atoms with Crippen LogP contribution in [0.25, 0.3) is 0 Å². The highest BCUT2D eigenvalue weighted by Gasteiger charge is 2.41. The van der Waals surface area contributed by atoms with E-state index in [0.717, 1.165) is 0 Å². The number of hydrogen-bond donors (Lipinski definition) is 0. The van der Waals surface area contributed by atoms with E-state index in [-0.39, 0.29) is 18.4 Å². The first-order valence-electron chi connectivity index (χ1n) is 7.30. The Kier molecular flexibility index (Phi) is 6.67. The van der Waals surface area contributed by atoms with Crippen molar-refractivity contribution in [3.8, 4) is 0 Å². The van der Waals surface area contributed by atoms with Gasteiger partial charge in [-0.2, -0.15) is 0 Å². The molecule has 0 radical (unpaired) electrons. The van der Waals surface area contributed by atoms with Gasteiger partial charge in [-0.15, -0.1) is 0 Å². The molecule has 4 nitrogen and oxygen atoms in total. The maximum absolute atomic E-state index is 12.5. The molecule has 0 fully saturated rings. The summed E-state index contributed by atoms with van der Waals surface area (Å²) in [6.07, 6.45) is 1.30. The highest BCUT2D eigenvalue weighted by molar-refractivity contribution is 6.71. The molecule has 0 saturated heterocycles. The van der Waals surface area contributed by atoms with Crippen molar-refractivity contribution >= 4 is 28.6 Å². The molecule has 0 N–H and O–H groups in total. The van der Waals surface area contributed by atoms with Crippen LogP contribution in [-0.2, 0) is 18.4 Å². The maximum atomic E-state index is 12.5. The second-order valence-corrected chi connectivity index (χ2v) is 16.1. The molecule has 0 amide bonds. The summed E-state index contributed by atoms with van der Waals surface area (Å²) in [4.78, 5) is 24.5. The van der Waals surface area contributed by atoms with Crippen LogP contribution in [0.15, 0.2) is 0 Å². The van der Waals surface area contributed by atoms with Gasteiger partial charge in [-0.05, 0) is 52.1 Å². The molecule has 0 aliphatic carbocycles. The van der Waals surface area contributed by atoms with E-state index < -0.39 is 22.0 Å². The van der Waals surface area contributed by atoms with Gasteiger partial charge in [-0.1, -0.05) is 13.8 Å². The van der Waals surface area contributed by atoms with Crippen molar-refractivity contribution in [3.05, 3.63) is 0 Å². The molecule has 0 aromatic carbocycles. The second-order valence-electron chi connectivity index (χ2n) is 7.25. The molecule has 0 rings (SSSR count). The summed E-state index contributed by atoms with van der Waals surface area (Å²) in [5.74, 6) is -0.519. The third-order valence-electron chi connectivity index (χ3n) is 3.09. The first-order valence-corrected chi connectivity index (χ1v) is 14.1.